The van der Waals surface area contributed by atoms with E-state index in [-0.39, 0.29) is 5.82 Å². The van der Waals surface area contributed by atoms with E-state index in [1.54, 1.807) is 12.7 Å². The maximum Gasteiger partial charge on any atom is 0.203 e. The van der Waals surface area contributed by atoms with Crippen LogP contribution >= 0.6 is 0 Å². The fourth-order valence-corrected chi connectivity index (χ4v) is 15.7. The number of tetrazole rings is 1. The molecule has 12 aromatic rings. The molecule has 12 heterocycles. The van der Waals surface area contributed by atoms with Crippen molar-refractivity contribution in [2.45, 2.75) is 39.4 Å². The van der Waals surface area contributed by atoms with E-state index in [0.717, 1.165) is 164 Å². The highest BCUT2D eigenvalue weighted by Crippen LogP contribution is 2.40. The molecule has 4 atom stereocenters. The Hall–Kier alpha value is -11.3. The van der Waals surface area contributed by atoms with Crippen LogP contribution in [0.5, 0.6) is 0 Å². The summed E-state index contributed by atoms with van der Waals surface area (Å²) in [5, 5.41) is 50.7. The number of rotatable bonds is 12. The van der Waals surface area contributed by atoms with Gasteiger partial charge in [0.15, 0.2) is 11.6 Å². The van der Waals surface area contributed by atoms with Gasteiger partial charge in [-0.3, -0.25) is 4.57 Å². The molecule has 21 nitrogen and oxygen atoms in total. The van der Waals surface area contributed by atoms with E-state index in [1.807, 2.05) is 84.1 Å². The smallest absolute Gasteiger partial charge is 0.203 e. The summed E-state index contributed by atoms with van der Waals surface area (Å²) in [4.78, 5) is 14.4. The number of aromatic nitrogens is 13. The number of anilines is 3. The van der Waals surface area contributed by atoms with Crippen molar-refractivity contribution in [3.05, 3.63) is 210 Å². The molecule has 18 rings (SSSR count). The van der Waals surface area contributed by atoms with Crippen molar-refractivity contribution in [2.75, 3.05) is 102 Å². The van der Waals surface area contributed by atoms with Crippen LogP contribution < -0.4 is 25.3 Å². The number of benzene rings is 6. The van der Waals surface area contributed by atoms with E-state index in [9.17, 15) is 4.39 Å². The SMILES string of the molecule is CN(C)C[C@@H]1CCN(c2ccc3c(c2)Cn2cc(-c4ccc(F)cc4)cc2-c2ncnn2-3)C1.CNCC1CCN(c2ccc3c(c2)Cn2cc(-c4ccc(C#N)cc4)cc2-c2nnnn2-3)C1.CNC[C@H]1CN(c2ccc3c(c2)Cn2cc(-c4ccc(C#N)cc4)cc2-c2nncn2-3)C[C@@H]1C. The topological polar surface area (TPSA) is 204 Å². The van der Waals surface area contributed by atoms with Gasteiger partial charge in [0.1, 0.15) is 18.5 Å². The lowest BCUT2D eigenvalue weighted by Gasteiger charge is -2.21. The largest absolute Gasteiger partial charge is 0.371 e. The van der Waals surface area contributed by atoms with E-state index in [0.29, 0.717) is 34.8 Å². The van der Waals surface area contributed by atoms with E-state index < -0.39 is 0 Å². The summed E-state index contributed by atoms with van der Waals surface area (Å²) in [5.41, 5.74) is 21.4. The molecular formula is C78H78FN21. The Morgan fingerprint density at radius 1 is 0.530 bits per heavy atom. The average molecular weight is 1330 g/mol. The van der Waals surface area contributed by atoms with Gasteiger partial charge in [0.25, 0.3) is 0 Å². The minimum absolute atomic E-state index is 0.226. The van der Waals surface area contributed by atoms with Gasteiger partial charge in [-0.15, -0.1) is 15.3 Å². The van der Waals surface area contributed by atoms with Crippen LogP contribution in [0, 0.1) is 52.2 Å². The third-order valence-corrected chi connectivity index (χ3v) is 20.8. The Balaban J connectivity index is 0.000000117. The zero-order valence-electron chi connectivity index (χ0n) is 56.8. The summed E-state index contributed by atoms with van der Waals surface area (Å²) in [6.07, 6.45) is 12.3. The fraction of sp³-hybridized carbons (Fsp3) is 0.295. The summed E-state index contributed by atoms with van der Waals surface area (Å²) >= 11 is 0. The average Bonchev–Trinajstić information content (AvgIpc) is 1.62. The number of fused-ring (bicyclic) bond motifs is 15. The zero-order valence-corrected chi connectivity index (χ0v) is 56.8. The Kier molecular flexibility index (Phi) is 17.0. The van der Waals surface area contributed by atoms with Gasteiger partial charge in [0.05, 0.1) is 57.4 Å². The van der Waals surface area contributed by atoms with Crippen molar-refractivity contribution in [2.24, 2.45) is 23.7 Å². The quantitative estimate of drug-likeness (QED) is 0.117. The molecule has 0 spiro atoms. The van der Waals surface area contributed by atoms with Gasteiger partial charge in [0, 0.05) is 118 Å². The van der Waals surface area contributed by atoms with E-state index in [1.165, 1.54) is 58.7 Å². The predicted molar refractivity (Wildman–Crippen MR) is 387 cm³/mol. The molecule has 2 N–H and O–H groups in total. The second-order valence-corrected chi connectivity index (χ2v) is 27.7. The second-order valence-electron chi connectivity index (χ2n) is 27.7. The molecule has 3 fully saturated rings. The third kappa shape index (κ3) is 12.3. The molecule has 502 valence electrons. The molecular weight excluding hydrogens is 1250 g/mol. The summed E-state index contributed by atoms with van der Waals surface area (Å²) in [7, 11) is 8.36. The molecule has 100 heavy (non-hydrogen) atoms. The summed E-state index contributed by atoms with van der Waals surface area (Å²) in [6.45, 7) is 14.3. The predicted octanol–water partition coefficient (Wildman–Crippen LogP) is 11.3. The maximum atomic E-state index is 13.4. The van der Waals surface area contributed by atoms with Gasteiger partial charge in [0.2, 0.25) is 5.82 Å². The Morgan fingerprint density at radius 2 is 1.04 bits per heavy atom. The third-order valence-electron chi connectivity index (χ3n) is 20.8. The highest BCUT2D eigenvalue weighted by Gasteiger charge is 2.33. The van der Waals surface area contributed by atoms with Crippen LogP contribution in [0.1, 0.15) is 47.6 Å². The van der Waals surface area contributed by atoms with Gasteiger partial charge >= 0.3 is 0 Å². The maximum absolute atomic E-state index is 13.4. The van der Waals surface area contributed by atoms with Crippen LogP contribution in [0.15, 0.2) is 177 Å². The van der Waals surface area contributed by atoms with E-state index in [2.05, 4.69) is 209 Å². The first kappa shape index (κ1) is 63.4. The van der Waals surface area contributed by atoms with Crippen LogP contribution in [0.25, 0.3) is 85.0 Å². The standard InChI is InChI=1S/C27H27N7.C26H27FN6.C25H24N8/c1-18-13-32(16-23(18)12-29-2)24-7-8-25-22(9-24)15-33-14-21(20-5-3-19(11-28)4-6-20)10-26(33)27-31-30-17-34(25)27;1-30(2)13-18-9-10-31(14-18)23-7-8-24-21(11-23)16-32-15-20(19-3-5-22(27)6-4-19)12-25(32)26-28-17-29-33(24)26;1-27-13-18-8-9-31(14-18)22-6-7-23-21(10-22)16-32-15-20(19-4-2-17(12-26)3-5-19)11-24(32)25-28-29-30-33(23)25/h3-10,14,17-18,23,29H,12-13,15-16H2,1-2H3;3-8,11-12,15,17-18H,9-10,13-14,16H2,1-2H3;2-7,10-11,15,18,27H,8-9,13-14,16H2,1H3/t18-,23-;18-;/m00./s1. The molecule has 6 aliphatic heterocycles. The fourth-order valence-electron chi connectivity index (χ4n) is 15.7. The number of hydrogen-bond donors (Lipinski definition) is 2. The van der Waals surface area contributed by atoms with E-state index >= 15 is 0 Å². The van der Waals surface area contributed by atoms with Crippen molar-refractivity contribution >= 4 is 17.1 Å². The first-order valence-electron chi connectivity index (χ1n) is 34.5. The van der Waals surface area contributed by atoms with Crippen molar-refractivity contribution in [1.82, 2.24) is 79.0 Å². The molecule has 6 aromatic heterocycles. The van der Waals surface area contributed by atoms with Crippen LogP contribution in [0.3, 0.4) is 0 Å². The van der Waals surface area contributed by atoms with Crippen molar-refractivity contribution in [1.29, 1.82) is 10.5 Å². The van der Waals surface area contributed by atoms with E-state index in [4.69, 9.17) is 10.5 Å². The second kappa shape index (κ2) is 26.8. The molecule has 0 radical (unpaired) electrons. The lowest BCUT2D eigenvalue weighted by molar-refractivity contribution is 0.340. The molecule has 0 saturated carbocycles. The normalized spacial score (nSPS) is 17.5. The van der Waals surface area contributed by atoms with Crippen LogP contribution in [0.4, 0.5) is 21.5 Å². The van der Waals surface area contributed by atoms with Gasteiger partial charge in [-0.1, -0.05) is 43.3 Å². The van der Waals surface area contributed by atoms with Crippen molar-refractivity contribution in [3.8, 4) is 97.1 Å². The number of nitriles is 2. The first-order valence-corrected chi connectivity index (χ1v) is 34.5. The number of halogens is 1. The lowest BCUT2D eigenvalue weighted by Crippen LogP contribution is -2.25. The molecule has 3 saturated heterocycles. The van der Waals surface area contributed by atoms with Crippen LogP contribution in [0.2, 0.25) is 0 Å². The number of hydrogen-bond acceptors (Lipinski definition) is 15. The van der Waals surface area contributed by atoms with Crippen molar-refractivity contribution < 1.29 is 4.39 Å². The minimum Gasteiger partial charge on any atom is -0.371 e. The molecule has 22 heteroatoms. The van der Waals surface area contributed by atoms with Crippen LogP contribution in [-0.2, 0) is 19.6 Å². The van der Waals surface area contributed by atoms with Crippen LogP contribution in [-0.4, -0.2) is 155 Å². The molecule has 0 bridgehead atoms. The number of nitrogens with one attached hydrogen (secondary N) is 2. The van der Waals surface area contributed by atoms with Gasteiger partial charge in [-0.2, -0.15) is 20.3 Å². The molecule has 6 aromatic carbocycles. The zero-order chi connectivity index (χ0) is 68.1. The summed E-state index contributed by atoms with van der Waals surface area (Å²) in [5.74, 6) is 4.89. The number of nitrogens with zero attached hydrogens (tertiary/aromatic N) is 19. The van der Waals surface area contributed by atoms with Gasteiger partial charge in [-0.05, 0) is 231 Å². The Bertz CT molecular complexity index is 5050. The minimum atomic E-state index is -0.226. The summed E-state index contributed by atoms with van der Waals surface area (Å²) in [6, 6.07) is 52.9. The Labute approximate surface area is 580 Å². The molecule has 1 unspecified atom stereocenters. The summed E-state index contributed by atoms with van der Waals surface area (Å²) < 4.78 is 26.0. The Morgan fingerprint density at radius 3 is 1.61 bits per heavy atom. The monoisotopic (exact) mass is 1330 g/mol. The molecule has 0 amide bonds. The molecule has 6 aliphatic rings. The highest BCUT2D eigenvalue weighted by atomic mass is 19.1. The van der Waals surface area contributed by atoms with Gasteiger partial charge < -0.3 is 43.9 Å². The highest BCUT2D eigenvalue weighted by molar-refractivity contribution is 5.76. The van der Waals surface area contributed by atoms with Crippen molar-refractivity contribution in [3.63, 3.8) is 0 Å². The first-order chi connectivity index (χ1) is 48.9. The molecule has 0 aliphatic carbocycles. The lowest BCUT2D eigenvalue weighted by atomic mass is 9.98. The van der Waals surface area contributed by atoms with Gasteiger partial charge in [-0.25, -0.2) is 14.1 Å².